The molecule has 36 heavy (non-hydrogen) atoms. The first-order valence-corrected chi connectivity index (χ1v) is 13.7. The monoisotopic (exact) mass is 488 g/mol. The second-order valence-corrected chi connectivity index (χ2v) is 11.0. The van der Waals surface area contributed by atoms with Crippen LogP contribution in [0.5, 0.6) is 0 Å². The summed E-state index contributed by atoms with van der Waals surface area (Å²) in [6.07, 6.45) is 23.7. The number of aryl methyl sites for hydroxylation is 1. The molecule has 6 heteroatoms. The lowest BCUT2D eigenvalue weighted by atomic mass is 10.1. The zero-order valence-electron chi connectivity index (χ0n) is 22.3. The first kappa shape index (κ1) is 24.7. The van der Waals surface area contributed by atoms with Crippen molar-refractivity contribution in [2.45, 2.75) is 33.0 Å². The van der Waals surface area contributed by atoms with Crippen LogP contribution >= 0.6 is 0 Å². The Morgan fingerprint density at radius 1 is 0.778 bits per heavy atom. The van der Waals surface area contributed by atoms with Gasteiger partial charge in [0.2, 0.25) is 12.7 Å². The Morgan fingerprint density at radius 3 is 2.06 bits per heavy atom. The average molecular weight is 489 g/mol. The number of nitrogens with zero attached hydrogens (tertiary/aromatic N) is 6. The zero-order valence-corrected chi connectivity index (χ0v) is 22.3. The smallest absolute Gasteiger partial charge is 0.244 e. The van der Waals surface area contributed by atoms with Gasteiger partial charge in [-0.1, -0.05) is 37.3 Å². The largest absolute Gasteiger partial charge is 0.306 e. The van der Waals surface area contributed by atoms with E-state index in [4.69, 9.17) is 0 Å². The van der Waals surface area contributed by atoms with Crippen molar-refractivity contribution < 1.29 is 18.1 Å². The van der Waals surface area contributed by atoms with E-state index in [2.05, 4.69) is 118 Å². The van der Waals surface area contributed by atoms with Crippen LogP contribution in [0.2, 0.25) is 0 Å². The third-order valence-electron chi connectivity index (χ3n) is 8.41. The van der Waals surface area contributed by atoms with E-state index in [9.17, 15) is 0 Å². The highest BCUT2D eigenvalue weighted by atomic mass is 15.5. The molecule has 0 radical (unpaired) electrons. The Bertz CT molecular complexity index is 1170. The van der Waals surface area contributed by atoms with Gasteiger partial charge in [0.1, 0.15) is 83.7 Å². The number of allylic oxidation sites excluding steroid dienone is 2. The molecule has 0 N–H and O–H groups in total. The molecule has 190 valence electrons. The highest BCUT2D eigenvalue weighted by molar-refractivity contribution is 5.26. The van der Waals surface area contributed by atoms with Crippen molar-refractivity contribution in [3.05, 3.63) is 97.1 Å². The summed E-state index contributed by atoms with van der Waals surface area (Å²) in [5.41, 5.74) is 2.74. The van der Waals surface area contributed by atoms with Crippen LogP contribution in [0, 0.1) is 0 Å². The fourth-order valence-electron chi connectivity index (χ4n) is 5.95. The Balaban J connectivity index is 1.12. The van der Waals surface area contributed by atoms with Gasteiger partial charge in [0.05, 0.1) is 20.1 Å². The van der Waals surface area contributed by atoms with Crippen molar-refractivity contribution in [1.29, 1.82) is 0 Å². The second kappa shape index (κ2) is 11.0. The van der Waals surface area contributed by atoms with Crippen LogP contribution < -0.4 is 9.13 Å². The molecule has 0 aliphatic carbocycles. The SMILES string of the molecule is CC/C=C/C[N+]12CC[N+](C/C=C/Cn3cc[n+](Cc4ccccc4Cn4cc[n+](C)c4)c3)(CC1)CC2. The van der Waals surface area contributed by atoms with Crippen molar-refractivity contribution in [2.75, 3.05) is 52.4 Å². The van der Waals surface area contributed by atoms with E-state index in [0.29, 0.717) is 0 Å². The number of aromatic nitrogens is 4. The van der Waals surface area contributed by atoms with Gasteiger partial charge in [-0.3, -0.25) is 0 Å². The van der Waals surface area contributed by atoms with Crippen molar-refractivity contribution in [3.8, 4) is 0 Å². The maximum Gasteiger partial charge on any atom is 0.244 e. The van der Waals surface area contributed by atoms with E-state index in [-0.39, 0.29) is 0 Å². The summed E-state index contributed by atoms with van der Waals surface area (Å²) >= 11 is 0. The minimum absolute atomic E-state index is 0.897. The van der Waals surface area contributed by atoms with Crippen molar-refractivity contribution in [2.24, 2.45) is 7.05 Å². The standard InChI is InChI=1S/C30H44N6/c1-3-4-8-17-35-19-22-36(23-20-35,24-21-35)18-9-7-12-32-15-16-34(28-32)26-30-11-6-5-10-29(30)25-33-14-13-31(2)27-33/h4-11,13-16,27-28H,3,12,17-26H2,1-2H3/q+4/b8-4+,9-7+. The number of hydrogen-bond acceptors (Lipinski definition) is 0. The molecule has 0 unspecified atom stereocenters. The fourth-order valence-corrected chi connectivity index (χ4v) is 5.95. The maximum atomic E-state index is 2.44. The maximum absolute atomic E-state index is 2.44. The molecule has 0 atom stereocenters. The molecule has 2 bridgehead atoms. The van der Waals surface area contributed by atoms with E-state index >= 15 is 0 Å². The number of quaternary nitrogens is 2. The van der Waals surface area contributed by atoms with Gasteiger partial charge in [0, 0.05) is 11.1 Å². The molecule has 6 nitrogen and oxygen atoms in total. The van der Waals surface area contributed by atoms with Gasteiger partial charge < -0.3 is 8.97 Å². The summed E-state index contributed by atoms with van der Waals surface area (Å²) in [6.45, 7) is 15.5. The molecule has 3 saturated heterocycles. The Labute approximate surface area is 216 Å². The second-order valence-electron chi connectivity index (χ2n) is 11.0. The molecule has 5 heterocycles. The van der Waals surface area contributed by atoms with E-state index in [1.807, 2.05) is 0 Å². The quantitative estimate of drug-likeness (QED) is 0.224. The summed E-state index contributed by atoms with van der Waals surface area (Å²) in [6, 6.07) is 8.78. The first-order chi connectivity index (χ1) is 17.6. The van der Waals surface area contributed by atoms with Crippen molar-refractivity contribution in [1.82, 2.24) is 9.13 Å². The minimum Gasteiger partial charge on any atom is -0.306 e. The van der Waals surface area contributed by atoms with Crippen molar-refractivity contribution >= 4 is 0 Å². The van der Waals surface area contributed by atoms with Gasteiger partial charge in [-0.25, -0.2) is 18.3 Å². The summed E-state index contributed by atoms with van der Waals surface area (Å²) in [5, 5.41) is 0. The Hall–Kier alpha value is -2.96. The molecule has 3 aliphatic heterocycles. The Kier molecular flexibility index (Phi) is 7.54. The normalized spacial score (nSPS) is 23.8. The lowest BCUT2D eigenvalue weighted by molar-refractivity contribution is -1.08. The van der Waals surface area contributed by atoms with Gasteiger partial charge >= 0.3 is 0 Å². The molecule has 3 aromatic rings. The van der Waals surface area contributed by atoms with Crippen LogP contribution in [0.25, 0.3) is 0 Å². The fraction of sp³-hybridized carbons (Fsp3) is 0.467. The van der Waals surface area contributed by atoms with E-state index in [1.165, 1.54) is 72.5 Å². The summed E-state index contributed by atoms with van der Waals surface area (Å²) in [5.74, 6) is 0. The molecule has 6 rings (SSSR count). The minimum atomic E-state index is 0.897. The van der Waals surface area contributed by atoms with Crippen LogP contribution in [0.4, 0.5) is 0 Å². The highest BCUT2D eigenvalue weighted by Gasteiger charge is 2.47. The van der Waals surface area contributed by atoms with Crippen LogP contribution in [0.3, 0.4) is 0 Å². The van der Waals surface area contributed by atoms with Crippen LogP contribution in [0.1, 0.15) is 24.5 Å². The number of benzene rings is 1. The van der Waals surface area contributed by atoms with Gasteiger partial charge in [-0.05, 0) is 24.6 Å². The predicted octanol–water partition coefficient (Wildman–Crippen LogP) is 2.68. The van der Waals surface area contributed by atoms with E-state index in [0.717, 1.165) is 26.1 Å². The average Bonchev–Trinajstić information content (AvgIpc) is 3.53. The van der Waals surface area contributed by atoms with E-state index in [1.54, 1.807) is 0 Å². The zero-order chi connectivity index (χ0) is 24.8. The topological polar surface area (TPSA) is 17.6 Å². The molecule has 0 spiro atoms. The summed E-state index contributed by atoms with van der Waals surface area (Å²) in [7, 11) is 2.06. The Morgan fingerprint density at radius 2 is 1.42 bits per heavy atom. The molecular weight excluding hydrogens is 444 g/mol. The number of rotatable bonds is 11. The molecule has 3 fully saturated rings. The van der Waals surface area contributed by atoms with Crippen LogP contribution in [-0.4, -0.2) is 70.5 Å². The number of fused-ring (bicyclic) bond motifs is 3. The highest BCUT2D eigenvalue weighted by Crippen LogP contribution is 2.26. The van der Waals surface area contributed by atoms with Gasteiger partial charge in [-0.15, -0.1) is 0 Å². The predicted molar refractivity (Wildman–Crippen MR) is 143 cm³/mol. The van der Waals surface area contributed by atoms with Gasteiger partial charge in [0.15, 0.2) is 0 Å². The third kappa shape index (κ3) is 5.88. The van der Waals surface area contributed by atoms with Gasteiger partial charge in [-0.2, -0.15) is 0 Å². The third-order valence-corrected chi connectivity index (χ3v) is 8.41. The number of hydrogen-bond donors (Lipinski definition) is 0. The lowest BCUT2D eigenvalue weighted by Gasteiger charge is -2.55. The molecular formula is C30H44N6+4. The number of piperazine rings is 3. The van der Waals surface area contributed by atoms with Gasteiger partial charge in [0.25, 0.3) is 0 Å². The molecule has 0 amide bonds. The number of imidazole rings is 2. The van der Waals surface area contributed by atoms with Crippen LogP contribution in [0.15, 0.2) is 86.0 Å². The van der Waals surface area contributed by atoms with E-state index < -0.39 is 0 Å². The summed E-state index contributed by atoms with van der Waals surface area (Å²) in [4.78, 5) is 0. The first-order valence-electron chi connectivity index (χ1n) is 13.7. The molecule has 3 aliphatic rings. The summed E-state index contributed by atoms with van der Waals surface area (Å²) < 4.78 is 11.5. The van der Waals surface area contributed by atoms with Crippen molar-refractivity contribution in [3.63, 3.8) is 0 Å². The molecule has 2 aromatic heterocycles. The lowest BCUT2D eigenvalue weighted by Crippen LogP contribution is -2.74. The van der Waals surface area contributed by atoms with Crippen LogP contribution in [-0.2, 0) is 26.7 Å². The molecule has 1 aromatic carbocycles. The molecule has 0 saturated carbocycles.